The van der Waals surface area contributed by atoms with Gasteiger partial charge in [0.25, 0.3) is 0 Å². The monoisotopic (exact) mass is 677 g/mol. The molecule has 53 heavy (non-hydrogen) atoms. The van der Waals surface area contributed by atoms with Crippen LogP contribution in [-0.4, -0.2) is 15.0 Å². The van der Waals surface area contributed by atoms with Crippen LogP contribution in [-0.2, 0) is 0 Å². The molecule has 0 saturated carbocycles. The molecule has 0 spiro atoms. The molecular weight excluding hydrogens is 647 g/mol. The number of hydrogen-bond acceptors (Lipinski definition) is 4. The van der Waals surface area contributed by atoms with Crippen LogP contribution in [0.2, 0.25) is 0 Å². The van der Waals surface area contributed by atoms with Gasteiger partial charge in [0.2, 0.25) is 0 Å². The molecule has 0 bridgehead atoms. The van der Waals surface area contributed by atoms with Crippen molar-refractivity contribution in [3.63, 3.8) is 0 Å². The van der Waals surface area contributed by atoms with E-state index in [1.54, 1.807) is 0 Å². The molecule has 0 radical (unpaired) electrons. The smallest absolute Gasteiger partial charge is 0.160 e. The maximum absolute atomic E-state index is 6.57. The summed E-state index contributed by atoms with van der Waals surface area (Å²) in [6.07, 6.45) is 0. The highest BCUT2D eigenvalue weighted by atomic mass is 16.3. The zero-order valence-electron chi connectivity index (χ0n) is 28.6. The molecule has 4 heteroatoms. The van der Waals surface area contributed by atoms with Crippen LogP contribution in [0.5, 0.6) is 0 Å². The molecule has 3 aromatic heterocycles. The molecule has 0 aliphatic carbocycles. The lowest BCUT2D eigenvalue weighted by molar-refractivity contribution is 0.672. The van der Waals surface area contributed by atoms with Crippen molar-refractivity contribution in [3.05, 3.63) is 188 Å². The number of furan rings is 1. The minimum absolute atomic E-state index is 0.687. The van der Waals surface area contributed by atoms with Crippen molar-refractivity contribution in [2.75, 3.05) is 0 Å². The van der Waals surface area contributed by atoms with E-state index in [9.17, 15) is 0 Å². The Balaban J connectivity index is 1.08. The number of pyridine rings is 1. The van der Waals surface area contributed by atoms with Crippen LogP contribution in [0.25, 0.3) is 100 Å². The Kier molecular flexibility index (Phi) is 7.43. The Morgan fingerprint density at radius 3 is 1.57 bits per heavy atom. The van der Waals surface area contributed by atoms with Gasteiger partial charge in [0.1, 0.15) is 11.2 Å². The highest BCUT2D eigenvalue weighted by Crippen LogP contribution is 2.42. The molecule has 0 amide bonds. The van der Waals surface area contributed by atoms with Gasteiger partial charge in [0.15, 0.2) is 5.82 Å². The van der Waals surface area contributed by atoms with Crippen LogP contribution >= 0.6 is 0 Å². The Labute approximate surface area is 306 Å². The van der Waals surface area contributed by atoms with Crippen molar-refractivity contribution >= 4 is 32.8 Å². The molecule has 4 nitrogen and oxygen atoms in total. The summed E-state index contributed by atoms with van der Waals surface area (Å²) in [5.74, 6) is 0.687. The maximum atomic E-state index is 6.57. The lowest BCUT2D eigenvalue weighted by atomic mass is 9.97. The zero-order chi connectivity index (χ0) is 35.1. The summed E-state index contributed by atoms with van der Waals surface area (Å²) in [6.45, 7) is 0. The first-order chi connectivity index (χ1) is 26.3. The second-order valence-corrected chi connectivity index (χ2v) is 13.2. The third-order valence-corrected chi connectivity index (χ3v) is 9.92. The molecule has 7 aromatic carbocycles. The van der Waals surface area contributed by atoms with Gasteiger partial charge < -0.3 is 4.42 Å². The van der Waals surface area contributed by atoms with Crippen molar-refractivity contribution in [1.82, 2.24) is 15.0 Å². The van der Waals surface area contributed by atoms with Crippen molar-refractivity contribution in [2.45, 2.75) is 0 Å². The molecule has 10 rings (SSSR count). The lowest BCUT2D eigenvalue weighted by Crippen LogP contribution is -1.96. The lowest BCUT2D eigenvalue weighted by Gasteiger charge is -2.12. The summed E-state index contributed by atoms with van der Waals surface area (Å²) >= 11 is 0. The molecule has 0 atom stereocenters. The average Bonchev–Trinajstić information content (AvgIpc) is 3.64. The molecule has 0 aliphatic heterocycles. The fourth-order valence-electron chi connectivity index (χ4n) is 7.27. The maximum Gasteiger partial charge on any atom is 0.160 e. The number of aromatic nitrogens is 3. The van der Waals surface area contributed by atoms with Crippen LogP contribution in [0.15, 0.2) is 192 Å². The number of rotatable bonds is 6. The van der Waals surface area contributed by atoms with Gasteiger partial charge in [0.05, 0.1) is 28.0 Å². The van der Waals surface area contributed by atoms with E-state index in [2.05, 4.69) is 146 Å². The topological polar surface area (TPSA) is 51.8 Å². The van der Waals surface area contributed by atoms with Crippen molar-refractivity contribution in [3.8, 4) is 67.4 Å². The predicted molar refractivity (Wildman–Crippen MR) is 217 cm³/mol. The molecule has 0 fully saturated rings. The number of benzene rings is 7. The van der Waals surface area contributed by atoms with Gasteiger partial charge in [-0.15, -0.1) is 0 Å². The molecule has 0 unspecified atom stereocenters. The Morgan fingerprint density at radius 1 is 0.358 bits per heavy atom. The number of para-hydroxylation sites is 2. The minimum atomic E-state index is 0.687. The van der Waals surface area contributed by atoms with E-state index >= 15 is 0 Å². The number of nitrogens with zero attached hydrogens (tertiary/aromatic N) is 3. The van der Waals surface area contributed by atoms with Crippen molar-refractivity contribution in [1.29, 1.82) is 0 Å². The highest BCUT2D eigenvalue weighted by Gasteiger charge is 2.20. The normalized spacial score (nSPS) is 11.4. The van der Waals surface area contributed by atoms with Crippen LogP contribution in [0.3, 0.4) is 0 Å². The Hall–Kier alpha value is -7.17. The third kappa shape index (κ3) is 5.54. The molecule has 0 N–H and O–H groups in total. The first-order valence-corrected chi connectivity index (χ1v) is 17.8. The summed E-state index contributed by atoms with van der Waals surface area (Å²) in [7, 11) is 0. The SMILES string of the molecule is c1ccc(-c2ccc(-c3nc(-c4ccccc4)cc(-c4ccc(-c5cccc6c5nc(-c5ccccc5)c5c7ccccc7oc65)cc4)n3)cc2)cc1. The summed E-state index contributed by atoms with van der Waals surface area (Å²) in [4.78, 5) is 15.6. The summed E-state index contributed by atoms with van der Waals surface area (Å²) in [6, 6.07) is 64.8. The zero-order valence-corrected chi connectivity index (χ0v) is 28.6. The predicted octanol–water partition coefficient (Wildman–Crippen LogP) is 12.9. The summed E-state index contributed by atoms with van der Waals surface area (Å²) in [5, 5.41) is 3.09. The van der Waals surface area contributed by atoms with Gasteiger partial charge in [-0.1, -0.05) is 170 Å². The number of hydrogen-bond donors (Lipinski definition) is 0. The number of fused-ring (bicyclic) bond motifs is 5. The minimum Gasteiger partial charge on any atom is -0.455 e. The Morgan fingerprint density at radius 2 is 0.868 bits per heavy atom. The van der Waals surface area contributed by atoms with E-state index < -0.39 is 0 Å². The summed E-state index contributed by atoms with van der Waals surface area (Å²) < 4.78 is 6.57. The molecule has 10 aromatic rings. The van der Waals surface area contributed by atoms with E-state index in [0.29, 0.717) is 5.82 Å². The van der Waals surface area contributed by atoms with Gasteiger partial charge in [-0.05, 0) is 34.9 Å². The van der Waals surface area contributed by atoms with Crippen LogP contribution in [0.1, 0.15) is 0 Å². The fourth-order valence-corrected chi connectivity index (χ4v) is 7.27. The van der Waals surface area contributed by atoms with E-state index in [1.165, 1.54) is 5.56 Å². The standard InChI is InChI=1S/C49H31N3O/c1-4-13-32(14-5-1)33-23-29-38(30-24-33)49-50-42(35-15-6-2-7-16-35)31-43(51-49)36-27-25-34(26-28-36)39-20-12-21-41-47(39)52-46(37-17-8-3-9-18-37)45-40-19-10-11-22-44(40)53-48(41)45/h1-31H. The van der Waals surface area contributed by atoms with Crippen molar-refractivity contribution in [2.24, 2.45) is 0 Å². The first-order valence-electron chi connectivity index (χ1n) is 17.8. The fraction of sp³-hybridized carbons (Fsp3) is 0. The van der Waals surface area contributed by atoms with E-state index in [1.807, 2.05) is 42.5 Å². The first kappa shape index (κ1) is 30.6. The van der Waals surface area contributed by atoms with Gasteiger partial charge >= 0.3 is 0 Å². The van der Waals surface area contributed by atoms with Crippen LogP contribution in [0, 0.1) is 0 Å². The van der Waals surface area contributed by atoms with Gasteiger partial charge in [0, 0.05) is 38.6 Å². The molecule has 0 saturated heterocycles. The third-order valence-electron chi connectivity index (χ3n) is 9.92. The van der Waals surface area contributed by atoms with Gasteiger partial charge in [-0.3, -0.25) is 0 Å². The quantitative estimate of drug-likeness (QED) is 0.176. The van der Waals surface area contributed by atoms with Crippen molar-refractivity contribution < 1.29 is 4.42 Å². The van der Waals surface area contributed by atoms with Crippen LogP contribution < -0.4 is 0 Å². The second-order valence-electron chi connectivity index (χ2n) is 13.2. The van der Waals surface area contributed by atoms with E-state index in [0.717, 1.165) is 88.9 Å². The molecule has 0 aliphatic rings. The van der Waals surface area contributed by atoms with Gasteiger partial charge in [-0.2, -0.15) is 0 Å². The van der Waals surface area contributed by atoms with E-state index in [4.69, 9.17) is 19.4 Å². The molecular formula is C49H31N3O. The Bertz CT molecular complexity index is 2900. The largest absolute Gasteiger partial charge is 0.455 e. The second kappa shape index (κ2) is 12.9. The summed E-state index contributed by atoms with van der Waals surface area (Å²) in [5.41, 5.74) is 13.8. The average molecular weight is 678 g/mol. The van der Waals surface area contributed by atoms with E-state index in [-0.39, 0.29) is 0 Å². The van der Waals surface area contributed by atoms with Gasteiger partial charge in [-0.25, -0.2) is 15.0 Å². The molecule has 248 valence electrons. The highest BCUT2D eigenvalue weighted by molar-refractivity contribution is 6.20. The van der Waals surface area contributed by atoms with Crippen LogP contribution in [0.4, 0.5) is 0 Å². The molecule has 3 heterocycles.